The zero-order valence-corrected chi connectivity index (χ0v) is 8.17. The van der Waals surface area contributed by atoms with E-state index in [-0.39, 0.29) is 12.1 Å². The second-order valence-electron chi connectivity index (χ2n) is 3.23. The summed E-state index contributed by atoms with van der Waals surface area (Å²) >= 11 is 0. The fourth-order valence-corrected chi connectivity index (χ4v) is 1.34. The molecule has 78 valence electrons. The molecule has 0 aromatic carbocycles. The van der Waals surface area contributed by atoms with Crippen LogP contribution >= 0.6 is 0 Å². The van der Waals surface area contributed by atoms with Crippen molar-refractivity contribution in [1.82, 2.24) is 19.3 Å². The Hall–Kier alpha value is -2.11. The first-order valence-electron chi connectivity index (χ1n) is 4.43. The van der Waals surface area contributed by atoms with Gasteiger partial charge in [0.15, 0.2) is 0 Å². The number of aromatic amines is 1. The lowest BCUT2D eigenvalue weighted by Crippen LogP contribution is -2.34. The number of hydrogen-bond acceptors (Lipinski definition) is 3. The van der Waals surface area contributed by atoms with Crippen LogP contribution in [0.15, 0.2) is 34.2 Å². The number of H-pyrrole nitrogens is 1. The van der Waals surface area contributed by atoms with Gasteiger partial charge in [0.25, 0.3) is 5.56 Å². The van der Waals surface area contributed by atoms with Crippen LogP contribution in [-0.4, -0.2) is 19.3 Å². The molecule has 0 fully saturated rings. The van der Waals surface area contributed by atoms with E-state index in [1.807, 2.05) is 0 Å². The van der Waals surface area contributed by atoms with Crippen molar-refractivity contribution < 1.29 is 0 Å². The van der Waals surface area contributed by atoms with E-state index >= 15 is 0 Å². The van der Waals surface area contributed by atoms with Gasteiger partial charge in [0.2, 0.25) is 0 Å². The number of aromatic nitrogens is 4. The quantitative estimate of drug-likeness (QED) is 0.707. The molecule has 0 spiro atoms. The van der Waals surface area contributed by atoms with Crippen molar-refractivity contribution in [3.8, 4) is 0 Å². The molecular weight excluding hydrogens is 196 g/mol. The monoisotopic (exact) mass is 206 g/mol. The summed E-state index contributed by atoms with van der Waals surface area (Å²) in [5, 5.41) is 3.96. The molecule has 0 saturated heterocycles. The van der Waals surface area contributed by atoms with Gasteiger partial charge in [-0.05, 0) is 0 Å². The summed E-state index contributed by atoms with van der Waals surface area (Å²) in [6.07, 6.45) is 4.72. The van der Waals surface area contributed by atoms with E-state index in [1.54, 1.807) is 24.1 Å². The highest BCUT2D eigenvalue weighted by Gasteiger charge is 2.02. The summed E-state index contributed by atoms with van der Waals surface area (Å²) in [5.41, 5.74) is 0.0882. The smallest absolute Gasteiger partial charge is 0.314 e. The van der Waals surface area contributed by atoms with Crippen LogP contribution in [-0.2, 0) is 13.6 Å². The zero-order chi connectivity index (χ0) is 10.8. The number of rotatable bonds is 2. The average molecular weight is 206 g/mol. The van der Waals surface area contributed by atoms with Gasteiger partial charge in [-0.25, -0.2) is 4.79 Å². The van der Waals surface area contributed by atoms with E-state index in [1.165, 1.54) is 12.3 Å². The van der Waals surface area contributed by atoms with Gasteiger partial charge in [-0.2, -0.15) is 5.10 Å². The number of nitrogens with one attached hydrogen (secondary N) is 1. The van der Waals surface area contributed by atoms with E-state index in [9.17, 15) is 9.59 Å². The molecule has 0 aliphatic heterocycles. The number of aryl methyl sites for hydroxylation is 1. The Balaban J connectivity index is 2.40. The fraction of sp³-hybridized carbons (Fsp3) is 0.222. The molecule has 6 heteroatoms. The molecule has 0 bridgehead atoms. The molecule has 0 atom stereocenters. The minimum Gasteiger partial charge on any atom is -0.314 e. The van der Waals surface area contributed by atoms with Crippen molar-refractivity contribution in [1.29, 1.82) is 0 Å². The van der Waals surface area contributed by atoms with Crippen LogP contribution in [0.1, 0.15) is 5.56 Å². The molecule has 15 heavy (non-hydrogen) atoms. The molecule has 6 nitrogen and oxygen atoms in total. The van der Waals surface area contributed by atoms with Gasteiger partial charge >= 0.3 is 5.69 Å². The molecule has 0 saturated carbocycles. The van der Waals surface area contributed by atoms with E-state index < -0.39 is 5.69 Å². The molecule has 0 unspecified atom stereocenters. The van der Waals surface area contributed by atoms with E-state index in [2.05, 4.69) is 10.1 Å². The number of nitrogens with zero attached hydrogens (tertiary/aromatic N) is 3. The standard InChI is InChI=1S/C9H10N4O2/c1-12-5-7(4-11-12)6-13-8(14)2-3-10-9(13)15/h2-5H,6H2,1H3,(H,10,15). The maximum absolute atomic E-state index is 11.4. The van der Waals surface area contributed by atoms with Gasteiger partial charge in [0.05, 0.1) is 12.7 Å². The van der Waals surface area contributed by atoms with Crippen molar-refractivity contribution in [2.45, 2.75) is 6.54 Å². The first kappa shape index (κ1) is 9.45. The Labute approximate surface area is 84.8 Å². The highest BCUT2D eigenvalue weighted by molar-refractivity contribution is 5.04. The second kappa shape index (κ2) is 3.56. The Bertz CT molecular complexity index is 550. The van der Waals surface area contributed by atoms with Crippen LogP contribution < -0.4 is 11.2 Å². The topological polar surface area (TPSA) is 72.7 Å². The molecule has 0 radical (unpaired) electrons. The Kier molecular flexibility index (Phi) is 2.24. The summed E-state index contributed by atoms with van der Waals surface area (Å²) in [7, 11) is 1.78. The predicted octanol–water partition coefficient (Wildman–Crippen LogP) is -0.682. The molecule has 2 rings (SSSR count). The van der Waals surface area contributed by atoms with Crippen molar-refractivity contribution in [3.63, 3.8) is 0 Å². The predicted molar refractivity (Wildman–Crippen MR) is 53.6 cm³/mol. The third kappa shape index (κ3) is 1.88. The minimum absolute atomic E-state index is 0.239. The first-order chi connectivity index (χ1) is 7.16. The maximum Gasteiger partial charge on any atom is 0.328 e. The molecule has 0 aliphatic rings. The van der Waals surface area contributed by atoms with Gasteiger partial charge in [-0.15, -0.1) is 0 Å². The third-order valence-electron chi connectivity index (χ3n) is 2.04. The lowest BCUT2D eigenvalue weighted by Gasteiger charge is -1.99. The van der Waals surface area contributed by atoms with Gasteiger partial charge in [-0.3, -0.25) is 14.0 Å². The number of hydrogen-bond donors (Lipinski definition) is 1. The van der Waals surface area contributed by atoms with Crippen molar-refractivity contribution >= 4 is 0 Å². The van der Waals surface area contributed by atoms with Crippen LogP contribution in [0.2, 0.25) is 0 Å². The van der Waals surface area contributed by atoms with Gasteiger partial charge in [0.1, 0.15) is 0 Å². The molecule has 2 aromatic heterocycles. The molecule has 1 N–H and O–H groups in total. The van der Waals surface area contributed by atoms with Crippen molar-refractivity contribution in [2.75, 3.05) is 0 Å². The van der Waals surface area contributed by atoms with Crippen molar-refractivity contribution in [3.05, 3.63) is 51.1 Å². The molecule has 2 aromatic rings. The van der Waals surface area contributed by atoms with E-state index in [0.29, 0.717) is 0 Å². The van der Waals surface area contributed by atoms with Crippen LogP contribution in [0.5, 0.6) is 0 Å². The molecule has 0 aliphatic carbocycles. The summed E-state index contributed by atoms with van der Waals surface area (Å²) in [6.45, 7) is 0.239. The highest BCUT2D eigenvalue weighted by atomic mass is 16.2. The van der Waals surface area contributed by atoms with Gasteiger partial charge in [-0.1, -0.05) is 0 Å². The second-order valence-corrected chi connectivity index (χ2v) is 3.23. The SMILES string of the molecule is Cn1cc(Cn2c(=O)cc[nH]c2=O)cn1. The molecule has 0 amide bonds. The van der Waals surface area contributed by atoms with Crippen molar-refractivity contribution in [2.24, 2.45) is 7.05 Å². The van der Waals surface area contributed by atoms with Crippen LogP contribution in [0.4, 0.5) is 0 Å². The van der Waals surface area contributed by atoms with Gasteiger partial charge < -0.3 is 4.98 Å². The van der Waals surface area contributed by atoms with E-state index in [4.69, 9.17) is 0 Å². The van der Waals surface area contributed by atoms with E-state index in [0.717, 1.165) is 10.1 Å². The lowest BCUT2D eigenvalue weighted by atomic mass is 10.3. The van der Waals surface area contributed by atoms with Gasteiger partial charge in [0, 0.05) is 31.1 Å². The average Bonchev–Trinajstić information content (AvgIpc) is 2.58. The molecular formula is C9H10N4O2. The maximum atomic E-state index is 11.4. The Morgan fingerprint density at radius 2 is 2.27 bits per heavy atom. The largest absolute Gasteiger partial charge is 0.328 e. The lowest BCUT2D eigenvalue weighted by molar-refractivity contribution is 0.697. The minimum atomic E-state index is -0.411. The summed E-state index contributed by atoms with van der Waals surface area (Å²) < 4.78 is 2.74. The fourth-order valence-electron chi connectivity index (χ4n) is 1.34. The zero-order valence-electron chi connectivity index (χ0n) is 8.17. The summed E-state index contributed by atoms with van der Waals surface area (Å²) in [5.74, 6) is 0. The highest BCUT2D eigenvalue weighted by Crippen LogP contribution is 1.95. The Morgan fingerprint density at radius 3 is 2.87 bits per heavy atom. The summed E-state index contributed by atoms with van der Waals surface area (Å²) in [4.78, 5) is 25.1. The molecule has 2 heterocycles. The van der Waals surface area contributed by atoms with Crippen LogP contribution in [0.3, 0.4) is 0 Å². The summed E-state index contributed by atoms with van der Waals surface area (Å²) in [6, 6.07) is 1.32. The third-order valence-corrected chi connectivity index (χ3v) is 2.04. The van der Waals surface area contributed by atoms with Crippen LogP contribution in [0, 0.1) is 0 Å². The first-order valence-corrected chi connectivity index (χ1v) is 4.43. The van der Waals surface area contributed by atoms with Crippen LogP contribution in [0.25, 0.3) is 0 Å². The Morgan fingerprint density at radius 1 is 1.47 bits per heavy atom. The normalized spacial score (nSPS) is 10.5.